The Kier molecular flexibility index (Phi) is 2.26. The minimum atomic E-state index is 0.395. The summed E-state index contributed by atoms with van der Waals surface area (Å²) in [6.07, 6.45) is 1.59. The van der Waals surface area contributed by atoms with Crippen LogP contribution in [0.4, 0.5) is 0 Å². The van der Waals surface area contributed by atoms with Crippen LogP contribution in [0.5, 0.6) is 0 Å². The molecule has 0 aromatic heterocycles. The Hall–Kier alpha value is -0.860. The molecule has 2 unspecified atom stereocenters. The van der Waals surface area contributed by atoms with Crippen LogP contribution >= 0.6 is 0 Å². The molecule has 1 aromatic rings. The number of fused-ring (bicyclic) bond motifs is 3. The van der Waals surface area contributed by atoms with E-state index in [0.717, 1.165) is 13.2 Å². The van der Waals surface area contributed by atoms with Crippen LogP contribution < -0.4 is 0 Å². The maximum atomic E-state index is 5.76. The van der Waals surface area contributed by atoms with Crippen LogP contribution in [-0.2, 0) is 11.2 Å². The molecular weight excluding hydrogens is 186 g/mol. The Balaban J connectivity index is 1.93. The normalized spacial score (nSPS) is 30.7. The summed E-state index contributed by atoms with van der Waals surface area (Å²) in [5, 5.41) is 0. The third-order valence-corrected chi connectivity index (χ3v) is 3.55. The van der Waals surface area contributed by atoms with Crippen molar-refractivity contribution in [2.24, 2.45) is 0 Å². The van der Waals surface area contributed by atoms with Gasteiger partial charge in [-0.2, -0.15) is 0 Å². The number of morpholine rings is 1. The summed E-state index contributed by atoms with van der Waals surface area (Å²) in [6, 6.07) is 9.29. The van der Waals surface area contributed by atoms with E-state index in [0.29, 0.717) is 12.1 Å². The summed E-state index contributed by atoms with van der Waals surface area (Å²) in [6.45, 7) is 5.29. The second-order valence-corrected chi connectivity index (χ2v) is 4.60. The highest BCUT2D eigenvalue weighted by molar-refractivity contribution is 5.32. The lowest BCUT2D eigenvalue weighted by atomic mass is 9.92. The smallest absolute Gasteiger partial charge is 0.0675 e. The zero-order valence-corrected chi connectivity index (χ0v) is 9.15. The first-order valence-corrected chi connectivity index (χ1v) is 5.78. The van der Waals surface area contributed by atoms with Crippen molar-refractivity contribution in [3.05, 3.63) is 35.4 Å². The van der Waals surface area contributed by atoms with Gasteiger partial charge in [0.15, 0.2) is 0 Å². The molecule has 0 saturated carbocycles. The first kappa shape index (κ1) is 9.37. The van der Waals surface area contributed by atoms with E-state index in [1.807, 2.05) is 0 Å². The molecule has 0 bridgehead atoms. The van der Waals surface area contributed by atoms with Gasteiger partial charge in [0.1, 0.15) is 0 Å². The van der Waals surface area contributed by atoms with Crippen molar-refractivity contribution in [3.63, 3.8) is 0 Å². The Bertz CT molecular complexity index is 363. The van der Waals surface area contributed by atoms with E-state index in [9.17, 15) is 0 Å². The van der Waals surface area contributed by atoms with Gasteiger partial charge >= 0.3 is 0 Å². The van der Waals surface area contributed by atoms with E-state index >= 15 is 0 Å². The lowest BCUT2D eigenvalue weighted by Gasteiger charge is -2.42. The van der Waals surface area contributed by atoms with Crippen molar-refractivity contribution < 1.29 is 4.74 Å². The van der Waals surface area contributed by atoms with E-state index in [-0.39, 0.29) is 0 Å². The summed E-state index contributed by atoms with van der Waals surface area (Å²) in [5.41, 5.74) is 2.99. The summed E-state index contributed by atoms with van der Waals surface area (Å²) < 4.78 is 5.76. The fraction of sp³-hybridized carbons (Fsp3) is 0.538. The summed E-state index contributed by atoms with van der Waals surface area (Å²) in [5.74, 6) is 0. The summed E-state index contributed by atoms with van der Waals surface area (Å²) >= 11 is 0. The van der Waals surface area contributed by atoms with Crippen molar-refractivity contribution in [2.45, 2.75) is 25.5 Å². The van der Waals surface area contributed by atoms with Crippen LogP contribution in [0, 0.1) is 0 Å². The topological polar surface area (TPSA) is 12.5 Å². The predicted molar refractivity (Wildman–Crippen MR) is 59.9 cm³/mol. The SMILES string of the molecule is CC1CN2CCc3ccccc3C2CO1. The van der Waals surface area contributed by atoms with Crippen LogP contribution in [0.15, 0.2) is 24.3 Å². The molecule has 0 spiro atoms. The Morgan fingerprint density at radius 2 is 2.20 bits per heavy atom. The number of nitrogens with zero attached hydrogens (tertiary/aromatic N) is 1. The highest BCUT2D eigenvalue weighted by Crippen LogP contribution is 2.32. The summed E-state index contributed by atoms with van der Waals surface area (Å²) in [7, 11) is 0. The van der Waals surface area contributed by atoms with Gasteiger partial charge in [0, 0.05) is 13.1 Å². The highest BCUT2D eigenvalue weighted by Gasteiger charge is 2.31. The number of hydrogen-bond donors (Lipinski definition) is 0. The van der Waals surface area contributed by atoms with Crippen molar-refractivity contribution in [2.75, 3.05) is 19.7 Å². The summed E-state index contributed by atoms with van der Waals surface area (Å²) in [4.78, 5) is 2.57. The van der Waals surface area contributed by atoms with Gasteiger partial charge in [0.05, 0.1) is 18.8 Å². The van der Waals surface area contributed by atoms with Gasteiger partial charge in [-0.15, -0.1) is 0 Å². The maximum absolute atomic E-state index is 5.76. The van der Waals surface area contributed by atoms with Gasteiger partial charge in [-0.25, -0.2) is 0 Å². The fourth-order valence-electron chi connectivity index (χ4n) is 2.76. The van der Waals surface area contributed by atoms with Crippen molar-refractivity contribution in [1.82, 2.24) is 4.90 Å². The third-order valence-electron chi connectivity index (χ3n) is 3.55. The number of hydrogen-bond acceptors (Lipinski definition) is 2. The molecule has 2 heteroatoms. The van der Waals surface area contributed by atoms with Gasteiger partial charge in [-0.1, -0.05) is 24.3 Å². The number of rotatable bonds is 0. The average molecular weight is 203 g/mol. The molecule has 0 aliphatic carbocycles. The van der Waals surface area contributed by atoms with E-state index < -0.39 is 0 Å². The first-order chi connectivity index (χ1) is 7.34. The fourth-order valence-corrected chi connectivity index (χ4v) is 2.76. The molecule has 80 valence electrons. The Morgan fingerprint density at radius 3 is 3.13 bits per heavy atom. The van der Waals surface area contributed by atoms with Crippen LogP contribution in [0.3, 0.4) is 0 Å². The molecule has 1 aromatic carbocycles. The van der Waals surface area contributed by atoms with Crippen LogP contribution in [-0.4, -0.2) is 30.7 Å². The van der Waals surface area contributed by atoms with Crippen molar-refractivity contribution >= 4 is 0 Å². The van der Waals surface area contributed by atoms with E-state index in [4.69, 9.17) is 4.74 Å². The molecule has 15 heavy (non-hydrogen) atoms. The molecule has 2 heterocycles. The zero-order valence-electron chi connectivity index (χ0n) is 9.15. The molecule has 0 N–H and O–H groups in total. The molecule has 0 amide bonds. The van der Waals surface area contributed by atoms with Gasteiger partial charge in [-0.3, -0.25) is 4.90 Å². The van der Waals surface area contributed by atoms with Crippen LogP contribution in [0.25, 0.3) is 0 Å². The Morgan fingerprint density at radius 1 is 1.33 bits per heavy atom. The second kappa shape index (κ2) is 3.62. The van der Waals surface area contributed by atoms with E-state index in [1.165, 1.54) is 24.1 Å². The molecule has 2 nitrogen and oxygen atoms in total. The quantitative estimate of drug-likeness (QED) is 0.639. The molecule has 1 fully saturated rings. The van der Waals surface area contributed by atoms with Gasteiger partial charge in [-0.05, 0) is 24.5 Å². The number of benzene rings is 1. The van der Waals surface area contributed by atoms with Crippen molar-refractivity contribution in [1.29, 1.82) is 0 Å². The zero-order chi connectivity index (χ0) is 10.3. The highest BCUT2D eigenvalue weighted by atomic mass is 16.5. The van der Waals surface area contributed by atoms with Crippen LogP contribution in [0.2, 0.25) is 0 Å². The molecule has 1 saturated heterocycles. The maximum Gasteiger partial charge on any atom is 0.0675 e. The minimum Gasteiger partial charge on any atom is -0.375 e. The molecule has 2 atom stereocenters. The molecular formula is C13H17NO. The molecule has 0 radical (unpaired) electrons. The molecule has 2 aliphatic heterocycles. The molecule has 3 rings (SSSR count). The molecule has 2 aliphatic rings. The van der Waals surface area contributed by atoms with Gasteiger partial charge in [0.25, 0.3) is 0 Å². The van der Waals surface area contributed by atoms with E-state index in [1.54, 1.807) is 0 Å². The largest absolute Gasteiger partial charge is 0.375 e. The minimum absolute atomic E-state index is 0.395. The van der Waals surface area contributed by atoms with E-state index in [2.05, 4.69) is 36.1 Å². The standard InChI is InChI=1S/C13H17NO/c1-10-8-14-7-6-11-4-2-3-5-12(11)13(14)9-15-10/h2-5,10,13H,6-9H2,1H3. The lowest BCUT2D eigenvalue weighted by molar-refractivity contribution is -0.0595. The Labute approximate surface area is 90.8 Å². The van der Waals surface area contributed by atoms with Gasteiger partial charge in [0.2, 0.25) is 0 Å². The average Bonchev–Trinajstić information content (AvgIpc) is 2.28. The lowest BCUT2D eigenvalue weighted by Crippen LogP contribution is -2.46. The van der Waals surface area contributed by atoms with Crippen molar-refractivity contribution in [3.8, 4) is 0 Å². The third kappa shape index (κ3) is 1.58. The first-order valence-electron chi connectivity index (χ1n) is 5.78. The second-order valence-electron chi connectivity index (χ2n) is 4.60. The van der Waals surface area contributed by atoms with Gasteiger partial charge < -0.3 is 4.74 Å². The predicted octanol–water partition coefficient (Wildman–Crippen LogP) is 2.00. The monoisotopic (exact) mass is 203 g/mol. The number of ether oxygens (including phenoxy) is 1. The van der Waals surface area contributed by atoms with Crippen LogP contribution in [0.1, 0.15) is 24.1 Å².